The number of nitrogens with zero attached hydrogens (tertiary/aromatic N) is 1. The molecule has 1 amide bonds. The van der Waals surface area contributed by atoms with Gasteiger partial charge in [0.25, 0.3) is 5.91 Å². The summed E-state index contributed by atoms with van der Waals surface area (Å²) in [5, 5.41) is 10.6. The molecule has 0 saturated carbocycles. The third-order valence-electron chi connectivity index (χ3n) is 3.39. The highest BCUT2D eigenvalue weighted by Crippen LogP contribution is 2.19. The molecule has 0 fully saturated rings. The molecule has 0 unspecified atom stereocenters. The minimum Gasteiger partial charge on any atom is -0.382 e. The van der Waals surface area contributed by atoms with Gasteiger partial charge in [0.2, 0.25) is 0 Å². The summed E-state index contributed by atoms with van der Waals surface area (Å²) in [6.07, 6.45) is 0. The average Bonchev–Trinajstić information content (AvgIpc) is 2.86. The van der Waals surface area contributed by atoms with E-state index in [-0.39, 0.29) is 5.91 Å². The van der Waals surface area contributed by atoms with Gasteiger partial charge in [0.05, 0.1) is 5.52 Å². The molecule has 1 heterocycles. The minimum atomic E-state index is -0.0843. The third kappa shape index (κ3) is 2.72. The molecule has 4 N–H and O–H groups in total. The summed E-state index contributed by atoms with van der Waals surface area (Å²) in [6.45, 7) is 2.42. The van der Waals surface area contributed by atoms with E-state index in [9.17, 15) is 4.79 Å². The van der Waals surface area contributed by atoms with Crippen molar-refractivity contribution in [1.82, 2.24) is 15.5 Å². The smallest absolute Gasteiger partial charge is 0.251 e. The summed E-state index contributed by atoms with van der Waals surface area (Å²) in [4.78, 5) is 12.1. The zero-order chi connectivity index (χ0) is 14.8. The first kappa shape index (κ1) is 13.2. The predicted octanol–water partition coefficient (Wildman–Crippen LogP) is 2.38. The van der Waals surface area contributed by atoms with Crippen molar-refractivity contribution in [1.29, 1.82) is 0 Å². The van der Waals surface area contributed by atoms with Gasteiger partial charge in [0, 0.05) is 17.5 Å². The fraction of sp³-hybridized carbons (Fsp3) is 0.125. The van der Waals surface area contributed by atoms with Crippen LogP contribution in [0.2, 0.25) is 0 Å². The zero-order valence-corrected chi connectivity index (χ0v) is 11.7. The fourth-order valence-corrected chi connectivity index (χ4v) is 2.26. The van der Waals surface area contributed by atoms with E-state index >= 15 is 0 Å². The van der Waals surface area contributed by atoms with E-state index < -0.39 is 0 Å². The molecule has 0 aliphatic heterocycles. The van der Waals surface area contributed by atoms with Crippen LogP contribution >= 0.6 is 0 Å². The van der Waals surface area contributed by atoms with E-state index in [1.165, 1.54) is 0 Å². The summed E-state index contributed by atoms with van der Waals surface area (Å²) >= 11 is 0. The van der Waals surface area contributed by atoms with Crippen molar-refractivity contribution in [2.45, 2.75) is 13.5 Å². The second-order valence-electron chi connectivity index (χ2n) is 5.04. The van der Waals surface area contributed by atoms with Gasteiger partial charge >= 0.3 is 0 Å². The second kappa shape index (κ2) is 5.28. The number of aromatic amines is 1. The Morgan fingerprint density at radius 2 is 2.14 bits per heavy atom. The summed E-state index contributed by atoms with van der Waals surface area (Å²) < 4.78 is 0. The van der Waals surface area contributed by atoms with E-state index in [0.717, 1.165) is 22.0 Å². The molecule has 0 spiro atoms. The highest BCUT2D eigenvalue weighted by atomic mass is 16.1. The summed E-state index contributed by atoms with van der Waals surface area (Å²) in [5.74, 6) is 0.385. The molecule has 3 rings (SSSR count). The van der Waals surface area contributed by atoms with Crippen LogP contribution in [0.15, 0.2) is 42.5 Å². The van der Waals surface area contributed by atoms with Crippen molar-refractivity contribution in [3.63, 3.8) is 0 Å². The summed E-state index contributed by atoms with van der Waals surface area (Å²) in [7, 11) is 0. The summed E-state index contributed by atoms with van der Waals surface area (Å²) in [5.41, 5.74) is 9.38. The number of fused-ring (bicyclic) bond motifs is 1. The van der Waals surface area contributed by atoms with Gasteiger partial charge in [-0.1, -0.05) is 23.8 Å². The van der Waals surface area contributed by atoms with Gasteiger partial charge in [0.1, 0.15) is 0 Å². The Hall–Kier alpha value is -2.82. The Labute approximate surface area is 122 Å². The van der Waals surface area contributed by atoms with E-state index in [4.69, 9.17) is 5.73 Å². The number of H-pyrrole nitrogens is 1. The first-order chi connectivity index (χ1) is 10.1. The van der Waals surface area contributed by atoms with Crippen LogP contribution in [0.5, 0.6) is 0 Å². The van der Waals surface area contributed by atoms with Gasteiger partial charge in [-0.2, -0.15) is 5.10 Å². The Balaban J connectivity index is 1.74. The maximum atomic E-state index is 12.1. The number of aryl methyl sites for hydroxylation is 1. The van der Waals surface area contributed by atoms with Crippen LogP contribution in [0.25, 0.3) is 10.9 Å². The lowest BCUT2D eigenvalue weighted by atomic mass is 10.1. The Kier molecular flexibility index (Phi) is 3.31. The molecule has 5 nitrogen and oxygen atoms in total. The number of nitrogens with one attached hydrogen (secondary N) is 2. The molecule has 0 aliphatic carbocycles. The number of amides is 1. The lowest BCUT2D eigenvalue weighted by Gasteiger charge is -2.06. The highest BCUT2D eigenvalue weighted by Gasteiger charge is 2.07. The number of anilines is 1. The quantitative estimate of drug-likeness (QED) is 0.688. The molecule has 5 heteroatoms. The molecule has 0 radical (unpaired) electrons. The van der Waals surface area contributed by atoms with Gasteiger partial charge in [-0.25, -0.2) is 0 Å². The van der Waals surface area contributed by atoms with Crippen molar-refractivity contribution in [2.75, 3.05) is 5.73 Å². The molecule has 0 atom stereocenters. The number of rotatable bonds is 3. The molecular weight excluding hydrogens is 264 g/mol. The minimum absolute atomic E-state index is 0.0843. The van der Waals surface area contributed by atoms with E-state index in [1.807, 2.05) is 43.3 Å². The van der Waals surface area contributed by atoms with Crippen LogP contribution in [0.3, 0.4) is 0 Å². The summed E-state index contributed by atoms with van der Waals surface area (Å²) in [6, 6.07) is 13.3. The van der Waals surface area contributed by atoms with Gasteiger partial charge in [-0.15, -0.1) is 0 Å². The normalized spacial score (nSPS) is 10.7. The molecular formula is C16H16N4O. The molecule has 21 heavy (non-hydrogen) atoms. The number of aromatic nitrogens is 2. The standard InChI is InChI=1S/C16H16N4O/c1-10-3-2-4-12(7-10)16(21)18-9-11-5-6-14-13(8-11)15(17)20-19-14/h2-8H,9H2,1H3,(H,18,21)(H3,17,19,20). The largest absolute Gasteiger partial charge is 0.382 e. The van der Waals surface area contributed by atoms with Crippen molar-refractivity contribution in [3.05, 3.63) is 59.2 Å². The number of hydrogen-bond acceptors (Lipinski definition) is 3. The fourth-order valence-electron chi connectivity index (χ4n) is 2.26. The molecule has 0 bridgehead atoms. The van der Waals surface area contributed by atoms with Crippen LogP contribution in [-0.2, 0) is 6.54 Å². The van der Waals surface area contributed by atoms with Crippen molar-refractivity contribution >= 4 is 22.6 Å². The molecule has 106 valence electrons. The van der Waals surface area contributed by atoms with Gasteiger partial charge in [-0.05, 0) is 36.8 Å². The SMILES string of the molecule is Cc1cccc(C(=O)NCc2ccc3[nH]nc(N)c3c2)c1. The Bertz CT molecular complexity index is 807. The molecule has 3 aromatic rings. The topological polar surface area (TPSA) is 83.8 Å². The van der Waals surface area contributed by atoms with E-state index in [0.29, 0.717) is 17.9 Å². The third-order valence-corrected chi connectivity index (χ3v) is 3.39. The number of benzene rings is 2. The van der Waals surface area contributed by atoms with E-state index in [1.54, 1.807) is 6.07 Å². The number of nitrogen functional groups attached to an aromatic ring is 1. The maximum absolute atomic E-state index is 12.1. The number of carbonyl (C=O) groups excluding carboxylic acids is 1. The molecule has 0 aliphatic rings. The van der Waals surface area contributed by atoms with Crippen molar-refractivity contribution in [2.24, 2.45) is 0 Å². The van der Waals surface area contributed by atoms with Gasteiger partial charge in [-0.3, -0.25) is 9.89 Å². The predicted molar refractivity (Wildman–Crippen MR) is 82.9 cm³/mol. The lowest BCUT2D eigenvalue weighted by molar-refractivity contribution is 0.0951. The highest BCUT2D eigenvalue weighted by molar-refractivity contribution is 5.94. The molecule has 2 aromatic carbocycles. The van der Waals surface area contributed by atoms with Gasteiger partial charge in [0.15, 0.2) is 5.82 Å². The number of carbonyl (C=O) groups is 1. The van der Waals surface area contributed by atoms with Crippen LogP contribution in [-0.4, -0.2) is 16.1 Å². The first-order valence-electron chi connectivity index (χ1n) is 6.71. The maximum Gasteiger partial charge on any atom is 0.251 e. The Morgan fingerprint density at radius 1 is 1.29 bits per heavy atom. The van der Waals surface area contributed by atoms with Crippen LogP contribution < -0.4 is 11.1 Å². The van der Waals surface area contributed by atoms with Crippen LogP contribution in [0.1, 0.15) is 21.5 Å². The van der Waals surface area contributed by atoms with Crippen LogP contribution in [0, 0.1) is 6.92 Å². The first-order valence-corrected chi connectivity index (χ1v) is 6.71. The van der Waals surface area contributed by atoms with Gasteiger partial charge < -0.3 is 11.1 Å². The molecule has 1 aromatic heterocycles. The van der Waals surface area contributed by atoms with Crippen molar-refractivity contribution < 1.29 is 4.79 Å². The van der Waals surface area contributed by atoms with Crippen molar-refractivity contribution in [3.8, 4) is 0 Å². The molecule has 0 saturated heterocycles. The van der Waals surface area contributed by atoms with E-state index in [2.05, 4.69) is 15.5 Å². The Morgan fingerprint density at radius 3 is 2.95 bits per heavy atom. The van der Waals surface area contributed by atoms with Crippen LogP contribution in [0.4, 0.5) is 5.82 Å². The number of nitrogens with two attached hydrogens (primary N) is 1. The number of hydrogen-bond donors (Lipinski definition) is 3. The second-order valence-corrected chi connectivity index (χ2v) is 5.04. The average molecular weight is 280 g/mol. The lowest BCUT2D eigenvalue weighted by Crippen LogP contribution is -2.22. The zero-order valence-electron chi connectivity index (χ0n) is 11.7. The monoisotopic (exact) mass is 280 g/mol.